The molecule has 2 rings (SSSR count). The lowest BCUT2D eigenvalue weighted by molar-refractivity contribution is 0.228. The molecule has 1 aliphatic carbocycles. The van der Waals surface area contributed by atoms with Crippen molar-refractivity contribution in [3.63, 3.8) is 0 Å². The summed E-state index contributed by atoms with van der Waals surface area (Å²) in [5, 5.41) is 0. The summed E-state index contributed by atoms with van der Waals surface area (Å²) in [6, 6.07) is 5.19. The van der Waals surface area contributed by atoms with E-state index in [1.165, 1.54) is 38.2 Å². The minimum Gasteiger partial charge on any atom is -0.327 e. The van der Waals surface area contributed by atoms with Crippen molar-refractivity contribution < 1.29 is 4.39 Å². The third-order valence-electron chi connectivity index (χ3n) is 4.47. The molecule has 1 aromatic carbocycles. The van der Waals surface area contributed by atoms with Crippen LogP contribution in [0.2, 0.25) is 0 Å². The monoisotopic (exact) mass is 327 g/mol. The zero-order valence-corrected chi connectivity index (χ0v) is 13.1. The Balaban J connectivity index is 2.00. The average Bonchev–Trinajstić information content (AvgIpc) is 2.43. The molecule has 3 heteroatoms. The third kappa shape index (κ3) is 4.03. The second kappa shape index (κ2) is 6.85. The standard InChI is InChI=1S/C16H23BrFN/c1-2-11-4-3-5-12(8-11)16(19)10-13-9-14(17)6-7-15(13)18/h6-7,9,11-12,16H,2-5,8,10,19H2,1H3. The number of benzene rings is 1. The smallest absolute Gasteiger partial charge is 0.126 e. The Morgan fingerprint density at radius 3 is 2.95 bits per heavy atom. The molecule has 19 heavy (non-hydrogen) atoms. The summed E-state index contributed by atoms with van der Waals surface area (Å²) in [6.45, 7) is 2.26. The summed E-state index contributed by atoms with van der Waals surface area (Å²) in [5.41, 5.74) is 7.07. The molecule has 0 bridgehead atoms. The molecule has 1 fully saturated rings. The Morgan fingerprint density at radius 2 is 2.21 bits per heavy atom. The van der Waals surface area contributed by atoms with Crippen LogP contribution >= 0.6 is 15.9 Å². The average molecular weight is 328 g/mol. The zero-order valence-electron chi connectivity index (χ0n) is 11.5. The van der Waals surface area contributed by atoms with Gasteiger partial charge in [-0.25, -0.2) is 4.39 Å². The predicted octanol–water partition coefficient (Wildman–Crippen LogP) is 4.67. The van der Waals surface area contributed by atoms with Gasteiger partial charge in [-0.3, -0.25) is 0 Å². The van der Waals surface area contributed by atoms with Crippen LogP contribution in [0.5, 0.6) is 0 Å². The van der Waals surface area contributed by atoms with E-state index < -0.39 is 0 Å². The summed E-state index contributed by atoms with van der Waals surface area (Å²) in [4.78, 5) is 0. The first-order valence-electron chi connectivity index (χ1n) is 7.29. The number of hydrogen-bond acceptors (Lipinski definition) is 1. The molecule has 1 saturated carbocycles. The highest BCUT2D eigenvalue weighted by molar-refractivity contribution is 9.10. The molecule has 3 unspecified atom stereocenters. The molecule has 2 N–H and O–H groups in total. The minimum absolute atomic E-state index is 0.0816. The molecule has 0 saturated heterocycles. The van der Waals surface area contributed by atoms with Crippen LogP contribution in [0, 0.1) is 17.7 Å². The highest BCUT2D eigenvalue weighted by Crippen LogP contribution is 2.33. The maximum Gasteiger partial charge on any atom is 0.126 e. The molecule has 0 heterocycles. The van der Waals surface area contributed by atoms with Crippen molar-refractivity contribution in [2.24, 2.45) is 17.6 Å². The molecule has 0 aromatic heterocycles. The largest absolute Gasteiger partial charge is 0.327 e. The SMILES string of the molecule is CCC1CCCC(C(N)Cc2cc(Br)ccc2F)C1. The van der Waals surface area contributed by atoms with E-state index in [4.69, 9.17) is 5.73 Å². The molecule has 1 aromatic rings. The first kappa shape index (κ1) is 15.0. The summed E-state index contributed by atoms with van der Waals surface area (Å²) < 4.78 is 14.7. The Labute approximate surface area is 123 Å². The van der Waals surface area contributed by atoms with E-state index >= 15 is 0 Å². The minimum atomic E-state index is -0.137. The Morgan fingerprint density at radius 1 is 1.42 bits per heavy atom. The summed E-state index contributed by atoms with van der Waals surface area (Å²) >= 11 is 3.40. The first-order valence-corrected chi connectivity index (χ1v) is 8.09. The zero-order chi connectivity index (χ0) is 13.8. The van der Waals surface area contributed by atoms with Gasteiger partial charge in [0.15, 0.2) is 0 Å². The lowest BCUT2D eigenvalue weighted by Gasteiger charge is -2.32. The van der Waals surface area contributed by atoms with E-state index in [0.717, 1.165) is 16.0 Å². The number of rotatable bonds is 4. The van der Waals surface area contributed by atoms with Gasteiger partial charge in [0.1, 0.15) is 5.82 Å². The van der Waals surface area contributed by atoms with Gasteiger partial charge in [0.05, 0.1) is 0 Å². The topological polar surface area (TPSA) is 26.0 Å². The van der Waals surface area contributed by atoms with E-state index in [-0.39, 0.29) is 11.9 Å². The van der Waals surface area contributed by atoms with Gasteiger partial charge in [-0.15, -0.1) is 0 Å². The Bertz CT molecular complexity index is 421. The number of halogens is 2. The second-order valence-corrected chi connectivity index (χ2v) is 6.72. The Hall–Kier alpha value is -0.410. The van der Waals surface area contributed by atoms with Crippen molar-refractivity contribution in [2.75, 3.05) is 0 Å². The van der Waals surface area contributed by atoms with Crippen molar-refractivity contribution in [3.8, 4) is 0 Å². The molecular formula is C16H23BrFN. The van der Waals surface area contributed by atoms with Crippen LogP contribution < -0.4 is 5.73 Å². The van der Waals surface area contributed by atoms with Crippen molar-refractivity contribution >= 4 is 15.9 Å². The van der Waals surface area contributed by atoms with Crippen LogP contribution in [0.1, 0.15) is 44.6 Å². The quantitative estimate of drug-likeness (QED) is 0.854. The molecule has 1 nitrogen and oxygen atoms in total. The van der Waals surface area contributed by atoms with Crippen LogP contribution in [0.15, 0.2) is 22.7 Å². The van der Waals surface area contributed by atoms with Gasteiger partial charge in [0.25, 0.3) is 0 Å². The van der Waals surface area contributed by atoms with Gasteiger partial charge in [-0.05, 0) is 54.9 Å². The lowest BCUT2D eigenvalue weighted by Crippen LogP contribution is -2.35. The molecule has 0 radical (unpaired) electrons. The van der Waals surface area contributed by atoms with E-state index in [0.29, 0.717) is 12.3 Å². The molecule has 0 spiro atoms. The van der Waals surface area contributed by atoms with E-state index in [1.807, 2.05) is 6.07 Å². The van der Waals surface area contributed by atoms with E-state index in [2.05, 4.69) is 22.9 Å². The maximum absolute atomic E-state index is 13.8. The van der Waals surface area contributed by atoms with Gasteiger partial charge in [-0.2, -0.15) is 0 Å². The molecule has 106 valence electrons. The third-order valence-corrected chi connectivity index (χ3v) is 4.96. The fraction of sp³-hybridized carbons (Fsp3) is 0.625. The summed E-state index contributed by atoms with van der Waals surface area (Å²) in [7, 11) is 0. The van der Waals surface area contributed by atoms with Gasteiger partial charge in [0, 0.05) is 10.5 Å². The van der Waals surface area contributed by atoms with Crippen LogP contribution in [-0.2, 0) is 6.42 Å². The summed E-state index contributed by atoms with van der Waals surface area (Å²) in [5.74, 6) is 1.23. The molecule has 0 amide bonds. The number of nitrogens with two attached hydrogens (primary N) is 1. The van der Waals surface area contributed by atoms with Crippen molar-refractivity contribution in [2.45, 2.75) is 51.5 Å². The van der Waals surface area contributed by atoms with Gasteiger partial charge in [-0.1, -0.05) is 42.1 Å². The molecule has 0 aliphatic heterocycles. The Kier molecular flexibility index (Phi) is 5.40. The first-order chi connectivity index (χ1) is 9.10. The predicted molar refractivity (Wildman–Crippen MR) is 81.5 cm³/mol. The van der Waals surface area contributed by atoms with E-state index in [1.54, 1.807) is 6.07 Å². The maximum atomic E-state index is 13.8. The fourth-order valence-corrected chi connectivity index (χ4v) is 3.62. The van der Waals surface area contributed by atoms with Crippen molar-refractivity contribution in [1.29, 1.82) is 0 Å². The lowest BCUT2D eigenvalue weighted by atomic mass is 9.76. The molecule has 3 atom stereocenters. The number of hydrogen-bond donors (Lipinski definition) is 1. The van der Waals surface area contributed by atoms with Crippen LogP contribution in [0.25, 0.3) is 0 Å². The van der Waals surface area contributed by atoms with Crippen LogP contribution in [0.3, 0.4) is 0 Å². The molecular weight excluding hydrogens is 305 g/mol. The van der Waals surface area contributed by atoms with Gasteiger partial charge < -0.3 is 5.73 Å². The van der Waals surface area contributed by atoms with Crippen LogP contribution in [0.4, 0.5) is 4.39 Å². The van der Waals surface area contributed by atoms with Crippen molar-refractivity contribution in [1.82, 2.24) is 0 Å². The van der Waals surface area contributed by atoms with Crippen LogP contribution in [-0.4, -0.2) is 6.04 Å². The fourth-order valence-electron chi connectivity index (χ4n) is 3.21. The normalized spacial score (nSPS) is 25.3. The van der Waals surface area contributed by atoms with Gasteiger partial charge >= 0.3 is 0 Å². The highest BCUT2D eigenvalue weighted by Gasteiger charge is 2.26. The summed E-state index contributed by atoms with van der Waals surface area (Å²) in [6.07, 6.45) is 6.92. The highest BCUT2D eigenvalue weighted by atomic mass is 79.9. The van der Waals surface area contributed by atoms with Gasteiger partial charge in [0.2, 0.25) is 0 Å². The molecule has 1 aliphatic rings. The van der Waals surface area contributed by atoms with Crippen molar-refractivity contribution in [3.05, 3.63) is 34.1 Å². The second-order valence-electron chi connectivity index (χ2n) is 5.80. The van der Waals surface area contributed by atoms with E-state index in [9.17, 15) is 4.39 Å².